The largest absolute Gasteiger partial charge is 0.550 e. The number of nitrogens with one attached hydrogen (secondary N) is 1. The third-order valence-corrected chi connectivity index (χ3v) is 3.84. The van der Waals surface area contributed by atoms with Crippen molar-refractivity contribution < 1.29 is 14.7 Å². The summed E-state index contributed by atoms with van der Waals surface area (Å²) in [6, 6.07) is 6.94. The number of unbranched alkanes of at least 4 members (excludes halogenated alkanes) is 1. The lowest BCUT2D eigenvalue weighted by atomic mass is 9.87. The summed E-state index contributed by atoms with van der Waals surface area (Å²) < 4.78 is 0. The predicted octanol–water partition coefficient (Wildman–Crippen LogP) is 2.86. The topological polar surface area (TPSA) is 69.2 Å². The number of benzene rings is 1. The van der Waals surface area contributed by atoms with Crippen LogP contribution in [0.2, 0.25) is 5.02 Å². The summed E-state index contributed by atoms with van der Waals surface area (Å²) in [6.07, 6.45) is 2.41. The lowest BCUT2D eigenvalue weighted by Gasteiger charge is -2.24. The van der Waals surface area contributed by atoms with Crippen molar-refractivity contribution in [2.45, 2.75) is 39.5 Å². The quantitative estimate of drug-likeness (QED) is 0.802. The summed E-state index contributed by atoms with van der Waals surface area (Å²) in [5, 5.41) is 14.3. The van der Waals surface area contributed by atoms with Crippen LogP contribution in [0.25, 0.3) is 0 Å². The fraction of sp³-hybridized carbons (Fsp3) is 0.500. The van der Waals surface area contributed by atoms with Crippen molar-refractivity contribution in [3.8, 4) is 0 Å². The SMILES string of the molecule is CCCC[C@@H](C(=O)[O-])[C@H](C)CC(=O)Nc1ccccc1Cl. The number of amides is 1. The van der Waals surface area contributed by atoms with Crippen molar-refractivity contribution in [3.05, 3.63) is 29.3 Å². The minimum Gasteiger partial charge on any atom is -0.550 e. The molecule has 1 rings (SSSR count). The molecule has 0 aromatic heterocycles. The number of hydrogen-bond acceptors (Lipinski definition) is 3. The Bertz CT molecular complexity index is 490. The number of aliphatic carboxylic acids is 1. The van der Waals surface area contributed by atoms with Crippen molar-refractivity contribution in [1.82, 2.24) is 0 Å². The van der Waals surface area contributed by atoms with E-state index < -0.39 is 11.9 Å². The molecule has 1 aromatic rings. The molecule has 21 heavy (non-hydrogen) atoms. The fourth-order valence-corrected chi connectivity index (χ4v) is 2.44. The van der Waals surface area contributed by atoms with Gasteiger partial charge in [-0.2, -0.15) is 0 Å². The number of carbonyl (C=O) groups is 2. The summed E-state index contributed by atoms with van der Waals surface area (Å²) >= 11 is 5.97. The average Bonchev–Trinajstić information content (AvgIpc) is 2.41. The maximum atomic E-state index is 12.0. The normalized spacial score (nSPS) is 13.5. The molecular formula is C16H21ClNO3-. The van der Waals surface area contributed by atoms with Gasteiger partial charge in [-0.1, -0.05) is 50.4 Å². The van der Waals surface area contributed by atoms with Gasteiger partial charge < -0.3 is 15.2 Å². The summed E-state index contributed by atoms with van der Waals surface area (Å²) in [5.41, 5.74) is 0.537. The van der Waals surface area contributed by atoms with Crippen molar-refractivity contribution >= 4 is 29.2 Å². The number of carbonyl (C=O) groups excluding carboxylic acids is 2. The van der Waals surface area contributed by atoms with Crippen LogP contribution in [0.3, 0.4) is 0 Å². The summed E-state index contributed by atoms with van der Waals surface area (Å²) in [7, 11) is 0. The maximum Gasteiger partial charge on any atom is 0.224 e. The fourth-order valence-electron chi connectivity index (χ4n) is 2.26. The van der Waals surface area contributed by atoms with E-state index in [9.17, 15) is 14.7 Å². The van der Waals surface area contributed by atoms with Crippen LogP contribution in [0, 0.1) is 11.8 Å². The number of anilines is 1. The van der Waals surface area contributed by atoms with E-state index in [0.717, 1.165) is 12.8 Å². The zero-order valence-corrected chi connectivity index (χ0v) is 13.2. The lowest BCUT2D eigenvalue weighted by Crippen LogP contribution is -2.36. The highest BCUT2D eigenvalue weighted by Crippen LogP contribution is 2.24. The summed E-state index contributed by atoms with van der Waals surface area (Å²) in [5.74, 6) is -2.19. The molecule has 0 aliphatic rings. The Morgan fingerprint density at radius 1 is 1.33 bits per heavy atom. The van der Waals surface area contributed by atoms with Gasteiger partial charge in [-0.15, -0.1) is 0 Å². The summed E-state index contributed by atoms with van der Waals surface area (Å²) in [6.45, 7) is 3.77. The molecule has 0 bridgehead atoms. The Kier molecular flexibility index (Phi) is 7.23. The van der Waals surface area contributed by atoms with Gasteiger partial charge in [-0.25, -0.2) is 0 Å². The Morgan fingerprint density at radius 2 is 2.00 bits per heavy atom. The highest BCUT2D eigenvalue weighted by Gasteiger charge is 2.21. The second-order valence-electron chi connectivity index (χ2n) is 5.28. The van der Waals surface area contributed by atoms with Gasteiger partial charge in [-0.05, 0) is 24.5 Å². The maximum absolute atomic E-state index is 12.0. The molecule has 1 amide bonds. The number of carboxylic acids is 1. The van der Waals surface area contributed by atoms with Crippen molar-refractivity contribution in [2.75, 3.05) is 5.32 Å². The number of para-hydroxylation sites is 1. The molecule has 0 radical (unpaired) electrons. The van der Waals surface area contributed by atoms with Gasteiger partial charge in [0.05, 0.1) is 10.7 Å². The molecule has 0 unspecified atom stereocenters. The summed E-state index contributed by atoms with van der Waals surface area (Å²) in [4.78, 5) is 23.2. The zero-order valence-electron chi connectivity index (χ0n) is 12.4. The molecule has 0 fully saturated rings. The van der Waals surface area contributed by atoms with E-state index in [4.69, 9.17) is 11.6 Å². The Hall–Kier alpha value is -1.55. The number of halogens is 1. The van der Waals surface area contributed by atoms with Crippen LogP contribution in [0.15, 0.2) is 24.3 Å². The van der Waals surface area contributed by atoms with Gasteiger partial charge in [0.25, 0.3) is 0 Å². The molecule has 0 aliphatic heterocycles. The molecule has 0 saturated heterocycles. The molecule has 0 saturated carbocycles. The Morgan fingerprint density at radius 3 is 2.57 bits per heavy atom. The Balaban J connectivity index is 2.60. The van der Waals surface area contributed by atoms with E-state index in [1.165, 1.54) is 0 Å². The number of rotatable bonds is 8. The van der Waals surface area contributed by atoms with Crippen molar-refractivity contribution in [3.63, 3.8) is 0 Å². The highest BCUT2D eigenvalue weighted by atomic mass is 35.5. The van der Waals surface area contributed by atoms with E-state index in [1.807, 2.05) is 6.92 Å². The molecule has 0 spiro atoms. The van der Waals surface area contributed by atoms with Gasteiger partial charge in [0.2, 0.25) is 5.91 Å². The molecule has 116 valence electrons. The first kappa shape index (κ1) is 17.5. The number of hydrogen-bond donors (Lipinski definition) is 1. The van der Waals surface area contributed by atoms with Crippen molar-refractivity contribution in [1.29, 1.82) is 0 Å². The van der Waals surface area contributed by atoms with Crippen LogP contribution in [-0.4, -0.2) is 11.9 Å². The second-order valence-corrected chi connectivity index (χ2v) is 5.68. The first-order chi connectivity index (χ1) is 9.95. The average molecular weight is 311 g/mol. The lowest BCUT2D eigenvalue weighted by molar-refractivity contribution is -0.313. The standard InChI is InChI=1S/C16H22ClNO3/c1-3-4-7-12(16(20)21)11(2)10-15(19)18-14-9-6-5-8-13(14)17/h5-6,8-9,11-12H,3-4,7,10H2,1-2H3,(H,18,19)(H,20,21)/p-1/t11-,12-/m1/s1. The van der Waals surface area contributed by atoms with Gasteiger partial charge in [0.15, 0.2) is 0 Å². The van der Waals surface area contributed by atoms with E-state index in [0.29, 0.717) is 17.1 Å². The van der Waals surface area contributed by atoms with Gasteiger partial charge >= 0.3 is 0 Å². The molecule has 1 aromatic carbocycles. The van der Waals surface area contributed by atoms with Gasteiger partial charge in [0.1, 0.15) is 0 Å². The first-order valence-corrected chi connectivity index (χ1v) is 7.58. The molecule has 1 N–H and O–H groups in total. The molecular weight excluding hydrogens is 290 g/mol. The minimum atomic E-state index is -1.08. The van der Waals surface area contributed by atoms with E-state index in [1.54, 1.807) is 31.2 Å². The molecule has 0 aliphatic carbocycles. The first-order valence-electron chi connectivity index (χ1n) is 7.21. The highest BCUT2D eigenvalue weighted by molar-refractivity contribution is 6.33. The molecule has 2 atom stereocenters. The van der Waals surface area contributed by atoms with Crippen molar-refractivity contribution in [2.24, 2.45) is 11.8 Å². The molecule has 5 heteroatoms. The van der Waals surface area contributed by atoms with Crippen LogP contribution < -0.4 is 10.4 Å². The third kappa shape index (κ3) is 5.76. The molecule has 0 heterocycles. The van der Waals surface area contributed by atoms with E-state index in [2.05, 4.69) is 5.32 Å². The smallest absolute Gasteiger partial charge is 0.224 e. The van der Waals surface area contributed by atoms with Gasteiger partial charge in [0, 0.05) is 18.3 Å². The monoisotopic (exact) mass is 310 g/mol. The van der Waals surface area contributed by atoms with Crippen LogP contribution in [0.4, 0.5) is 5.69 Å². The Labute approximate surface area is 130 Å². The van der Waals surface area contributed by atoms with Crippen LogP contribution in [-0.2, 0) is 9.59 Å². The predicted molar refractivity (Wildman–Crippen MR) is 81.9 cm³/mol. The second kappa shape index (κ2) is 8.67. The molecule has 4 nitrogen and oxygen atoms in total. The van der Waals surface area contributed by atoms with Crippen LogP contribution in [0.1, 0.15) is 39.5 Å². The number of carboxylic acid groups (broad SMARTS) is 1. The van der Waals surface area contributed by atoms with Crippen LogP contribution in [0.5, 0.6) is 0 Å². The van der Waals surface area contributed by atoms with Crippen LogP contribution >= 0.6 is 11.6 Å². The van der Waals surface area contributed by atoms with Gasteiger partial charge in [-0.3, -0.25) is 4.79 Å². The zero-order chi connectivity index (χ0) is 15.8. The van der Waals surface area contributed by atoms with E-state index in [-0.39, 0.29) is 18.2 Å². The third-order valence-electron chi connectivity index (χ3n) is 3.51. The minimum absolute atomic E-state index is 0.133. The van der Waals surface area contributed by atoms with E-state index >= 15 is 0 Å².